The van der Waals surface area contributed by atoms with Crippen LogP contribution in [-0.4, -0.2) is 18.5 Å². The molecular weight excluding hydrogens is 260 g/mol. The second-order valence-electron chi connectivity index (χ2n) is 2.96. The lowest BCUT2D eigenvalue weighted by molar-refractivity contribution is -0.174. The van der Waals surface area contributed by atoms with Gasteiger partial charge in [-0.1, -0.05) is 11.6 Å². The van der Waals surface area contributed by atoms with Crippen molar-refractivity contribution in [1.82, 2.24) is 0 Å². The Morgan fingerprint density at radius 3 is 2.75 bits per heavy atom. The number of thiophene rings is 1. The lowest BCUT2D eigenvalue weighted by Crippen LogP contribution is -2.41. The van der Waals surface area contributed by atoms with E-state index < -0.39 is 17.9 Å². The fourth-order valence-corrected chi connectivity index (χ4v) is 2.13. The van der Waals surface area contributed by atoms with Gasteiger partial charge in [-0.25, -0.2) is 4.79 Å². The first-order valence-electron chi connectivity index (χ1n) is 4.45. The van der Waals surface area contributed by atoms with Gasteiger partial charge in [0.15, 0.2) is 0 Å². The van der Waals surface area contributed by atoms with Gasteiger partial charge >= 0.3 is 11.9 Å². The molecule has 0 amide bonds. The number of hydrogen-bond donors (Lipinski definition) is 1. The SMILES string of the molecule is CCOC(=O)C(F)(F)[C@@H](N)c1ccc(Cl)s1. The maximum Gasteiger partial charge on any atom is 0.379 e. The van der Waals surface area contributed by atoms with Gasteiger partial charge in [-0.05, 0) is 19.1 Å². The highest BCUT2D eigenvalue weighted by atomic mass is 35.5. The molecule has 90 valence electrons. The maximum absolute atomic E-state index is 13.5. The Balaban J connectivity index is 2.87. The second-order valence-corrected chi connectivity index (χ2v) is 4.71. The number of carbonyl (C=O) groups excluding carboxylic acids is 1. The zero-order valence-corrected chi connectivity index (χ0v) is 9.95. The molecule has 0 saturated heterocycles. The normalized spacial score (nSPS) is 13.6. The molecule has 1 aromatic heterocycles. The predicted octanol–water partition coefficient (Wildman–Crippen LogP) is 2.60. The van der Waals surface area contributed by atoms with Crippen LogP contribution in [0.25, 0.3) is 0 Å². The molecule has 0 bridgehead atoms. The highest BCUT2D eigenvalue weighted by molar-refractivity contribution is 7.16. The minimum atomic E-state index is -3.75. The molecule has 1 aromatic rings. The van der Waals surface area contributed by atoms with Crippen LogP contribution in [0.5, 0.6) is 0 Å². The molecule has 16 heavy (non-hydrogen) atoms. The van der Waals surface area contributed by atoms with Crippen molar-refractivity contribution >= 4 is 28.9 Å². The number of esters is 1. The zero-order chi connectivity index (χ0) is 12.3. The van der Waals surface area contributed by atoms with Crippen LogP contribution in [0.2, 0.25) is 4.34 Å². The van der Waals surface area contributed by atoms with Crippen molar-refractivity contribution in [3.05, 3.63) is 21.3 Å². The van der Waals surface area contributed by atoms with E-state index in [0.29, 0.717) is 4.34 Å². The molecule has 7 heteroatoms. The van der Waals surface area contributed by atoms with E-state index in [1.807, 2.05) is 0 Å². The molecule has 1 atom stereocenters. The van der Waals surface area contributed by atoms with E-state index >= 15 is 0 Å². The summed E-state index contributed by atoms with van der Waals surface area (Å²) in [5, 5.41) is 0. The first-order chi connectivity index (χ1) is 7.39. The van der Waals surface area contributed by atoms with Crippen LogP contribution in [0.1, 0.15) is 17.8 Å². The smallest absolute Gasteiger partial charge is 0.379 e. The third-order valence-electron chi connectivity index (χ3n) is 1.84. The molecule has 1 heterocycles. The lowest BCUT2D eigenvalue weighted by Gasteiger charge is -2.20. The first-order valence-corrected chi connectivity index (χ1v) is 5.65. The van der Waals surface area contributed by atoms with Crippen molar-refractivity contribution in [2.45, 2.75) is 18.9 Å². The van der Waals surface area contributed by atoms with E-state index in [2.05, 4.69) is 4.74 Å². The lowest BCUT2D eigenvalue weighted by atomic mass is 10.1. The predicted molar refractivity (Wildman–Crippen MR) is 57.8 cm³/mol. The summed E-state index contributed by atoms with van der Waals surface area (Å²) < 4.78 is 31.5. The van der Waals surface area contributed by atoms with Gasteiger partial charge in [0, 0.05) is 4.88 Å². The van der Waals surface area contributed by atoms with E-state index in [4.69, 9.17) is 17.3 Å². The first kappa shape index (κ1) is 13.3. The number of halogens is 3. The van der Waals surface area contributed by atoms with Gasteiger partial charge in [-0.2, -0.15) is 8.78 Å². The van der Waals surface area contributed by atoms with Crippen molar-refractivity contribution < 1.29 is 18.3 Å². The number of rotatable bonds is 4. The third-order valence-corrected chi connectivity index (χ3v) is 3.15. The number of ether oxygens (including phenoxy) is 1. The maximum atomic E-state index is 13.5. The summed E-state index contributed by atoms with van der Waals surface area (Å²) in [7, 11) is 0. The van der Waals surface area contributed by atoms with Crippen LogP contribution in [-0.2, 0) is 9.53 Å². The van der Waals surface area contributed by atoms with Gasteiger partial charge in [0.1, 0.15) is 6.04 Å². The Labute approximate surface area is 100 Å². The van der Waals surface area contributed by atoms with Crippen LogP contribution in [0.3, 0.4) is 0 Å². The molecule has 0 saturated carbocycles. The molecule has 0 unspecified atom stereocenters. The summed E-state index contributed by atoms with van der Waals surface area (Å²) in [5.41, 5.74) is 5.32. The standard InChI is InChI=1S/C9H10ClF2NO2S/c1-2-15-8(14)9(11,12)7(13)5-3-4-6(10)16-5/h3-4,7H,2,13H2,1H3/t7-/m0/s1. The van der Waals surface area contributed by atoms with E-state index in [-0.39, 0.29) is 11.5 Å². The summed E-state index contributed by atoms with van der Waals surface area (Å²) in [4.78, 5) is 11.1. The topological polar surface area (TPSA) is 52.3 Å². The van der Waals surface area contributed by atoms with Crippen molar-refractivity contribution in [3.8, 4) is 0 Å². The average Bonchev–Trinajstić information content (AvgIpc) is 2.64. The highest BCUT2D eigenvalue weighted by Gasteiger charge is 2.48. The molecule has 0 radical (unpaired) electrons. The van der Waals surface area contributed by atoms with Crippen molar-refractivity contribution in [2.75, 3.05) is 6.61 Å². The van der Waals surface area contributed by atoms with Gasteiger partial charge in [0.2, 0.25) is 0 Å². The molecule has 0 aliphatic rings. The summed E-state index contributed by atoms with van der Waals surface area (Å²) in [6.07, 6.45) is 0. The van der Waals surface area contributed by atoms with E-state index in [1.165, 1.54) is 19.1 Å². The van der Waals surface area contributed by atoms with Crippen molar-refractivity contribution in [3.63, 3.8) is 0 Å². The van der Waals surface area contributed by atoms with Gasteiger partial charge in [0.05, 0.1) is 10.9 Å². The second kappa shape index (κ2) is 5.07. The van der Waals surface area contributed by atoms with Gasteiger partial charge in [-0.15, -0.1) is 11.3 Å². The van der Waals surface area contributed by atoms with Crippen molar-refractivity contribution in [1.29, 1.82) is 0 Å². The molecule has 0 aromatic carbocycles. The molecule has 0 spiro atoms. The Morgan fingerprint density at radius 1 is 1.69 bits per heavy atom. The van der Waals surface area contributed by atoms with Gasteiger partial charge in [0.25, 0.3) is 0 Å². The minimum Gasteiger partial charge on any atom is -0.462 e. The molecular formula is C9H10ClF2NO2S. The third kappa shape index (κ3) is 2.69. The monoisotopic (exact) mass is 269 g/mol. The van der Waals surface area contributed by atoms with Crippen LogP contribution in [0, 0.1) is 0 Å². The summed E-state index contributed by atoms with van der Waals surface area (Å²) in [5.74, 6) is -5.36. The Kier molecular flexibility index (Phi) is 4.23. The molecule has 0 fully saturated rings. The number of alkyl halides is 2. The number of hydrogen-bond acceptors (Lipinski definition) is 4. The Morgan fingerprint density at radius 2 is 2.31 bits per heavy atom. The van der Waals surface area contributed by atoms with Crippen LogP contribution >= 0.6 is 22.9 Å². The quantitative estimate of drug-likeness (QED) is 0.855. The summed E-state index contributed by atoms with van der Waals surface area (Å²) >= 11 is 6.51. The van der Waals surface area contributed by atoms with Crippen LogP contribution in [0.4, 0.5) is 8.78 Å². The van der Waals surface area contributed by atoms with E-state index in [9.17, 15) is 13.6 Å². The molecule has 0 aliphatic heterocycles. The average molecular weight is 270 g/mol. The highest BCUT2D eigenvalue weighted by Crippen LogP contribution is 2.35. The fourth-order valence-electron chi connectivity index (χ4n) is 1.03. The molecule has 3 nitrogen and oxygen atoms in total. The van der Waals surface area contributed by atoms with Gasteiger partial charge in [-0.3, -0.25) is 0 Å². The van der Waals surface area contributed by atoms with E-state index in [0.717, 1.165) is 11.3 Å². The summed E-state index contributed by atoms with van der Waals surface area (Å²) in [6, 6.07) is 1.08. The summed E-state index contributed by atoms with van der Waals surface area (Å²) in [6.45, 7) is 1.33. The van der Waals surface area contributed by atoms with Crippen LogP contribution in [0.15, 0.2) is 12.1 Å². The molecule has 1 rings (SSSR count). The molecule has 0 aliphatic carbocycles. The Hall–Kier alpha value is -0.720. The fraction of sp³-hybridized carbons (Fsp3) is 0.444. The largest absolute Gasteiger partial charge is 0.462 e. The minimum absolute atomic E-state index is 0.119. The number of carbonyl (C=O) groups is 1. The Bertz CT molecular complexity index is 383. The molecule has 2 N–H and O–H groups in total. The zero-order valence-electron chi connectivity index (χ0n) is 8.38. The number of nitrogens with two attached hydrogens (primary N) is 1. The van der Waals surface area contributed by atoms with Crippen molar-refractivity contribution in [2.24, 2.45) is 5.73 Å². The van der Waals surface area contributed by atoms with E-state index in [1.54, 1.807) is 0 Å². The van der Waals surface area contributed by atoms with Gasteiger partial charge < -0.3 is 10.5 Å². The van der Waals surface area contributed by atoms with Crippen LogP contribution < -0.4 is 5.73 Å².